The van der Waals surface area contributed by atoms with Crippen LogP contribution < -0.4 is 4.90 Å². The largest absolute Gasteiger partial charge is 0.323 e. The standard InChI is InChI=1S/C14H12ClFN2/c15-9-11-5-7-17-14(13(11)16)18-8-6-10-3-1-2-4-12(10)18/h1-5,7H,6,8-9H2. The van der Waals surface area contributed by atoms with Gasteiger partial charge in [-0.25, -0.2) is 9.37 Å². The fraction of sp³-hybridized carbons (Fsp3) is 0.214. The van der Waals surface area contributed by atoms with E-state index in [1.165, 1.54) is 5.56 Å². The SMILES string of the molecule is Fc1c(CCl)ccnc1N1CCc2ccccc21. The molecule has 0 fully saturated rings. The third-order valence-corrected chi connectivity index (χ3v) is 3.53. The number of anilines is 2. The third-order valence-electron chi connectivity index (χ3n) is 3.24. The lowest BCUT2D eigenvalue weighted by Crippen LogP contribution is -2.17. The molecule has 2 heterocycles. The summed E-state index contributed by atoms with van der Waals surface area (Å²) in [6.07, 6.45) is 2.53. The summed E-state index contributed by atoms with van der Waals surface area (Å²) in [5.74, 6) is 0.221. The lowest BCUT2D eigenvalue weighted by atomic mass is 10.2. The quantitative estimate of drug-likeness (QED) is 0.768. The number of nitrogens with zero attached hydrogens (tertiary/aromatic N) is 2. The molecular formula is C14H12ClFN2. The maximum Gasteiger partial charge on any atom is 0.170 e. The monoisotopic (exact) mass is 262 g/mol. The first-order valence-corrected chi connectivity index (χ1v) is 6.39. The van der Waals surface area contributed by atoms with E-state index < -0.39 is 0 Å². The summed E-state index contributed by atoms with van der Waals surface area (Å²) < 4.78 is 14.2. The number of para-hydroxylation sites is 1. The number of pyridine rings is 1. The zero-order valence-electron chi connectivity index (χ0n) is 9.74. The van der Waals surface area contributed by atoms with Crippen LogP contribution in [0.4, 0.5) is 15.9 Å². The van der Waals surface area contributed by atoms with Crippen LogP contribution in [0.5, 0.6) is 0 Å². The molecule has 0 aliphatic carbocycles. The lowest BCUT2D eigenvalue weighted by molar-refractivity contribution is 0.608. The number of fused-ring (bicyclic) bond motifs is 1. The summed E-state index contributed by atoms with van der Waals surface area (Å²) >= 11 is 5.72. The number of rotatable bonds is 2. The first kappa shape index (κ1) is 11.5. The molecule has 92 valence electrons. The molecule has 1 aromatic heterocycles. The van der Waals surface area contributed by atoms with Gasteiger partial charge in [0.05, 0.1) is 5.88 Å². The van der Waals surface area contributed by atoms with E-state index in [1.54, 1.807) is 12.3 Å². The van der Waals surface area contributed by atoms with Crippen molar-refractivity contribution in [2.75, 3.05) is 11.4 Å². The Morgan fingerprint density at radius 3 is 2.94 bits per heavy atom. The molecule has 0 amide bonds. The summed E-state index contributed by atoms with van der Waals surface area (Å²) in [6.45, 7) is 0.759. The molecule has 1 aliphatic rings. The second kappa shape index (κ2) is 4.58. The van der Waals surface area contributed by atoms with Crippen molar-refractivity contribution in [3.8, 4) is 0 Å². The van der Waals surface area contributed by atoms with Gasteiger partial charge in [0.15, 0.2) is 11.6 Å². The average molecular weight is 263 g/mol. The molecule has 0 N–H and O–H groups in total. The Kier molecular flexibility index (Phi) is 2.92. The molecule has 4 heteroatoms. The first-order valence-electron chi connectivity index (χ1n) is 5.86. The number of alkyl halides is 1. The van der Waals surface area contributed by atoms with Crippen molar-refractivity contribution in [3.63, 3.8) is 0 Å². The van der Waals surface area contributed by atoms with Crippen LogP contribution in [0, 0.1) is 5.82 Å². The highest BCUT2D eigenvalue weighted by molar-refractivity contribution is 6.17. The van der Waals surface area contributed by atoms with Crippen molar-refractivity contribution < 1.29 is 4.39 Å². The number of hydrogen-bond donors (Lipinski definition) is 0. The van der Waals surface area contributed by atoms with Crippen molar-refractivity contribution in [2.45, 2.75) is 12.3 Å². The van der Waals surface area contributed by atoms with E-state index >= 15 is 0 Å². The number of aromatic nitrogens is 1. The van der Waals surface area contributed by atoms with Gasteiger partial charge in [-0.3, -0.25) is 0 Å². The number of hydrogen-bond acceptors (Lipinski definition) is 2. The van der Waals surface area contributed by atoms with Crippen LogP contribution in [0.25, 0.3) is 0 Å². The molecule has 2 aromatic rings. The van der Waals surface area contributed by atoms with E-state index in [1.807, 2.05) is 23.1 Å². The Hall–Kier alpha value is -1.61. The fourth-order valence-corrected chi connectivity index (χ4v) is 2.53. The second-order valence-electron chi connectivity index (χ2n) is 4.27. The third kappa shape index (κ3) is 1.75. The molecule has 0 unspecified atom stereocenters. The van der Waals surface area contributed by atoms with Gasteiger partial charge in [0.1, 0.15) is 0 Å². The van der Waals surface area contributed by atoms with Crippen LogP contribution in [-0.4, -0.2) is 11.5 Å². The van der Waals surface area contributed by atoms with Crippen molar-refractivity contribution >= 4 is 23.1 Å². The van der Waals surface area contributed by atoms with Crippen molar-refractivity contribution in [2.24, 2.45) is 0 Å². The Morgan fingerprint density at radius 2 is 2.11 bits per heavy atom. The van der Waals surface area contributed by atoms with Gasteiger partial charge in [-0.05, 0) is 24.1 Å². The molecule has 0 saturated carbocycles. The van der Waals surface area contributed by atoms with Gasteiger partial charge in [-0.1, -0.05) is 18.2 Å². The van der Waals surface area contributed by atoms with Crippen LogP contribution in [0.15, 0.2) is 36.5 Å². The normalized spacial score (nSPS) is 13.8. The van der Waals surface area contributed by atoms with Gasteiger partial charge in [-0.2, -0.15) is 0 Å². The zero-order chi connectivity index (χ0) is 12.5. The zero-order valence-corrected chi connectivity index (χ0v) is 10.5. The molecule has 0 saturated heterocycles. The van der Waals surface area contributed by atoms with Crippen LogP contribution in [0.2, 0.25) is 0 Å². The van der Waals surface area contributed by atoms with Crippen LogP contribution in [0.1, 0.15) is 11.1 Å². The molecule has 2 nitrogen and oxygen atoms in total. The highest BCUT2D eigenvalue weighted by Crippen LogP contribution is 2.35. The van der Waals surface area contributed by atoms with Crippen LogP contribution in [0.3, 0.4) is 0 Å². The molecule has 3 rings (SSSR count). The first-order chi connectivity index (χ1) is 8.81. The van der Waals surface area contributed by atoms with E-state index in [4.69, 9.17) is 11.6 Å². The van der Waals surface area contributed by atoms with Gasteiger partial charge < -0.3 is 4.90 Å². The maximum absolute atomic E-state index is 14.2. The summed E-state index contributed by atoms with van der Waals surface area (Å²) in [7, 11) is 0. The molecule has 1 aliphatic heterocycles. The molecule has 0 bridgehead atoms. The highest BCUT2D eigenvalue weighted by atomic mass is 35.5. The van der Waals surface area contributed by atoms with E-state index in [9.17, 15) is 4.39 Å². The van der Waals surface area contributed by atoms with E-state index in [-0.39, 0.29) is 11.7 Å². The summed E-state index contributed by atoms with van der Waals surface area (Å²) in [5, 5.41) is 0. The Bertz CT molecular complexity index is 586. The van der Waals surface area contributed by atoms with Crippen molar-refractivity contribution in [3.05, 3.63) is 53.5 Å². The minimum absolute atomic E-state index is 0.164. The minimum Gasteiger partial charge on any atom is -0.323 e. The fourth-order valence-electron chi connectivity index (χ4n) is 2.32. The number of halogens is 2. The van der Waals surface area contributed by atoms with E-state index in [0.29, 0.717) is 11.4 Å². The lowest BCUT2D eigenvalue weighted by Gasteiger charge is -2.19. The predicted molar refractivity (Wildman–Crippen MR) is 70.9 cm³/mol. The molecular weight excluding hydrogens is 251 g/mol. The van der Waals surface area contributed by atoms with Gasteiger partial charge in [-0.15, -0.1) is 11.6 Å². The van der Waals surface area contributed by atoms with Gasteiger partial charge >= 0.3 is 0 Å². The van der Waals surface area contributed by atoms with Gasteiger partial charge in [0.25, 0.3) is 0 Å². The minimum atomic E-state index is -0.316. The summed E-state index contributed by atoms with van der Waals surface area (Å²) in [5.41, 5.74) is 2.76. The molecule has 18 heavy (non-hydrogen) atoms. The van der Waals surface area contributed by atoms with Crippen molar-refractivity contribution in [1.82, 2.24) is 4.98 Å². The van der Waals surface area contributed by atoms with Gasteiger partial charge in [0, 0.05) is 24.0 Å². The van der Waals surface area contributed by atoms with E-state index in [2.05, 4.69) is 11.1 Å². The smallest absolute Gasteiger partial charge is 0.170 e. The van der Waals surface area contributed by atoms with Gasteiger partial charge in [0.2, 0.25) is 0 Å². The molecule has 0 radical (unpaired) electrons. The molecule has 0 atom stereocenters. The highest BCUT2D eigenvalue weighted by Gasteiger charge is 2.24. The van der Waals surface area contributed by atoms with Crippen molar-refractivity contribution in [1.29, 1.82) is 0 Å². The average Bonchev–Trinajstić information content (AvgIpc) is 2.83. The Labute approximate surface area is 110 Å². The van der Waals surface area contributed by atoms with E-state index in [0.717, 1.165) is 18.7 Å². The van der Waals surface area contributed by atoms with Crippen LogP contribution in [-0.2, 0) is 12.3 Å². The predicted octanol–water partition coefficient (Wildman–Crippen LogP) is 3.65. The second-order valence-corrected chi connectivity index (χ2v) is 4.54. The Morgan fingerprint density at radius 1 is 1.28 bits per heavy atom. The maximum atomic E-state index is 14.2. The topological polar surface area (TPSA) is 16.1 Å². The summed E-state index contributed by atoms with van der Waals surface area (Å²) in [4.78, 5) is 6.08. The van der Waals surface area contributed by atoms with Crippen LogP contribution >= 0.6 is 11.6 Å². The molecule has 1 aromatic carbocycles. The number of benzene rings is 1. The molecule has 0 spiro atoms. The summed E-state index contributed by atoms with van der Waals surface area (Å²) in [6, 6.07) is 9.64. The Balaban J connectivity index is 2.08.